The van der Waals surface area contributed by atoms with Gasteiger partial charge in [0.1, 0.15) is 6.61 Å². The van der Waals surface area contributed by atoms with E-state index in [1.54, 1.807) is 0 Å². The van der Waals surface area contributed by atoms with Crippen LogP contribution in [0.4, 0.5) is 4.79 Å². The lowest BCUT2D eigenvalue weighted by molar-refractivity contribution is -0.140. The van der Waals surface area contributed by atoms with E-state index in [9.17, 15) is 9.59 Å². The van der Waals surface area contributed by atoms with Crippen molar-refractivity contribution in [1.82, 2.24) is 10.2 Å². The number of carbonyl (C=O) groups is 2. The maximum absolute atomic E-state index is 12.8. The number of hydrogen-bond donors (Lipinski definition) is 1. The summed E-state index contributed by atoms with van der Waals surface area (Å²) in [5.74, 6) is 2.79. The number of amides is 2. The SMILES string of the molecule is CC(C)c1ccc([C@H]2[C@@H]3CN(C(=O)C4CC5(COC(=O)N5)C4)C[C@@H]32)cc1. The van der Waals surface area contributed by atoms with Gasteiger partial charge in [-0.2, -0.15) is 0 Å². The molecule has 5 nitrogen and oxygen atoms in total. The molecular formula is C21H26N2O3. The Balaban J connectivity index is 1.16. The van der Waals surface area contributed by atoms with Crippen LogP contribution in [0, 0.1) is 17.8 Å². The molecule has 0 radical (unpaired) electrons. The number of benzene rings is 1. The molecule has 2 heterocycles. The second-order valence-electron chi connectivity index (χ2n) is 9.00. The molecule has 3 atom stereocenters. The van der Waals surface area contributed by atoms with E-state index < -0.39 is 0 Å². The molecule has 138 valence electrons. The molecule has 0 bridgehead atoms. The van der Waals surface area contributed by atoms with E-state index >= 15 is 0 Å². The van der Waals surface area contributed by atoms with Crippen LogP contribution in [0.5, 0.6) is 0 Å². The third-order valence-corrected chi connectivity index (χ3v) is 6.96. The van der Waals surface area contributed by atoms with Gasteiger partial charge in [-0.15, -0.1) is 0 Å². The fourth-order valence-corrected chi connectivity index (χ4v) is 5.33. The first-order valence-electron chi connectivity index (χ1n) is 9.79. The van der Waals surface area contributed by atoms with E-state index in [0.717, 1.165) is 25.9 Å². The highest BCUT2D eigenvalue weighted by Gasteiger charge is 2.59. The van der Waals surface area contributed by atoms with Crippen molar-refractivity contribution in [2.24, 2.45) is 17.8 Å². The maximum atomic E-state index is 12.8. The molecule has 4 fully saturated rings. The molecule has 26 heavy (non-hydrogen) atoms. The number of rotatable bonds is 3. The fourth-order valence-electron chi connectivity index (χ4n) is 5.33. The van der Waals surface area contributed by atoms with Crippen LogP contribution in [0.25, 0.3) is 0 Å². The van der Waals surface area contributed by atoms with Gasteiger partial charge in [0, 0.05) is 19.0 Å². The zero-order chi connectivity index (χ0) is 18.1. The van der Waals surface area contributed by atoms with Crippen molar-refractivity contribution in [2.45, 2.75) is 44.1 Å². The number of likely N-dealkylation sites (tertiary alicyclic amines) is 1. The van der Waals surface area contributed by atoms with Gasteiger partial charge in [0.15, 0.2) is 0 Å². The number of carbonyl (C=O) groups excluding carboxylic acids is 2. The average molecular weight is 354 g/mol. The number of cyclic esters (lactones) is 1. The van der Waals surface area contributed by atoms with Crippen molar-refractivity contribution < 1.29 is 14.3 Å². The molecule has 5 rings (SSSR count). The lowest BCUT2D eigenvalue weighted by atomic mass is 9.68. The number of nitrogens with zero attached hydrogens (tertiary/aromatic N) is 1. The van der Waals surface area contributed by atoms with E-state index in [4.69, 9.17) is 4.74 Å². The number of hydrogen-bond acceptors (Lipinski definition) is 3. The average Bonchev–Trinajstić information content (AvgIpc) is 2.94. The van der Waals surface area contributed by atoms with E-state index in [-0.39, 0.29) is 23.5 Å². The molecule has 0 aromatic heterocycles. The van der Waals surface area contributed by atoms with Crippen molar-refractivity contribution in [3.8, 4) is 0 Å². The van der Waals surface area contributed by atoms with Crippen molar-refractivity contribution in [1.29, 1.82) is 0 Å². The molecule has 2 amide bonds. The Bertz CT molecular complexity index is 739. The topological polar surface area (TPSA) is 58.6 Å². The first kappa shape index (κ1) is 16.2. The second-order valence-corrected chi connectivity index (χ2v) is 9.00. The monoisotopic (exact) mass is 354 g/mol. The lowest BCUT2D eigenvalue weighted by Crippen LogP contribution is -2.58. The Morgan fingerprint density at radius 3 is 2.38 bits per heavy atom. The van der Waals surface area contributed by atoms with Gasteiger partial charge in [-0.05, 0) is 47.6 Å². The van der Waals surface area contributed by atoms with Gasteiger partial charge in [-0.1, -0.05) is 38.1 Å². The van der Waals surface area contributed by atoms with Crippen molar-refractivity contribution in [3.63, 3.8) is 0 Å². The van der Waals surface area contributed by atoms with Crippen LogP contribution in [-0.2, 0) is 9.53 Å². The first-order valence-corrected chi connectivity index (χ1v) is 9.79. The third-order valence-electron chi connectivity index (χ3n) is 6.96. The molecule has 1 N–H and O–H groups in total. The van der Waals surface area contributed by atoms with Gasteiger partial charge in [-0.25, -0.2) is 4.79 Å². The predicted octanol–water partition coefficient (Wildman–Crippen LogP) is 2.87. The predicted molar refractivity (Wildman–Crippen MR) is 96.8 cm³/mol. The smallest absolute Gasteiger partial charge is 0.407 e. The standard InChI is InChI=1S/C21H26N2O3/c1-12(2)13-3-5-14(6-4-13)18-16-9-23(10-17(16)18)19(24)15-7-21(8-15)11-26-20(25)22-21/h3-6,12,15-18H,7-11H2,1-2H3,(H,22,25)/t15?,16-,17+,18+,21?. The summed E-state index contributed by atoms with van der Waals surface area (Å²) in [4.78, 5) is 26.0. The fraction of sp³-hybridized carbons (Fsp3) is 0.619. The molecule has 1 spiro atoms. The van der Waals surface area contributed by atoms with Gasteiger partial charge >= 0.3 is 6.09 Å². The number of fused-ring (bicyclic) bond motifs is 1. The minimum atomic E-state index is -0.343. The molecule has 1 aromatic rings. The quantitative estimate of drug-likeness (QED) is 0.908. The molecule has 0 unspecified atom stereocenters. The van der Waals surface area contributed by atoms with Crippen LogP contribution in [0.1, 0.15) is 49.7 Å². The van der Waals surface area contributed by atoms with Crippen LogP contribution < -0.4 is 5.32 Å². The molecule has 2 aliphatic carbocycles. The number of nitrogens with one attached hydrogen (secondary N) is 1. The molecule has 2 saturated carbocycles. The summed E-state index contributed by atoms with van der Waals surface area (Å²) in [5.41, 5.74) is 2.56. The summed E-state index contributed by atoms with van der Waals surface area (Å²) in [6, 6.07) is 9.07. The summed E-state index contributed by atoms with van der Waals surface area (Å²) in [7, 11) is 0. The van der Waals surface area contributed by atoms with E-state index in [1.165, 1.54) is 11.1 Å². The molecule has 2 saturated heterocycles. The van der Waals surface area contributed by atoms with Crippen LogP contribution in [-0.4, -0.2) is 42.1 Å². The third kappa shape index (κ3) is 2.43. The van der Waals surface area contributed by atoms with E-state index in [1.807, 2.05) is 0 Å². The Hall–Kier alpha value is -2.04. The van der Waals surface area contributed by atoms with Crippen molar-refractivity contribution in [2.75, 3.05) is 19.7 Å². The molecule has 1 aromatic carbocycles. The molecule has 2 aliphatic heterocycles. The highest BCUT2D eigenvalue weighted by atomic mass is 16.6. The van der Waals surface area contributed by atoms with Gasteiger partial charge < -0.3 is 15.0 Å². The van der Waals surface area contributed by atoms with Gasteiger partial charge in [0.2, 0.25) is 5.91 Å². The van der Waals surface area contributed by atoms with E-state index in [0.29, 0.717) is 30.3 Å². The minimum Gasteiger partial charge on any atom is -0.447 e. The second kappa shape index (κ2) is 5.48. The Kier molecular flexibility index (Phi) is 3.40. The largest absolute Gasteiger partial charge is 0.447 e. The number of piperidine rings is 1. The Labute approximate surface area is 154 Å². The normalized spacial score (nSPS) is 37.3. The number of alkyl carbamates (subject to hydrolysis) is 1. The summed E-state index contributed by atoms with van der Waals surface area (Å²) < 4.78 is 5.00. The summed E-state index contributed by atoms with van der Waals surface area (Å²) in [5, 5.41) is 2.87. The van der Waals surface area contributed by atoms with Gasteiger partial charge in [0.05, 0.1) is 5.54 Å². The van der Waals surface area contributed by atoms with Crippen molar-refractivity contribution >= 4 is 12.0 Å². The maximum Gasteiger partial charge on any atom is 0.407 e. The summed E-state index contributed by atoms with van der Waals surface area (Å²) in [6.07, 6.45) is 1.11. The summed E-state index contributed by atoms with van der Waals surface area (Å²) in [6.45, 7) is 6.64. The Morgan fingerprint density at radius 2 is 1.85 bits per heavy atom. The highest BCUT2D eigenvalue weighted by Crippen LogP contribution is 2.58. The molecule has 5 heteroatoms. The van der Waals surface area contributed by atoms with Gasteiger partial charge in [-0.3, -0.25) is 4.79 Å². The highest BCUT2D eigenvalue weighted by molar-refractivity contribution is 5.82. The lowest BCUT2D eigenvalue weighted by Gasteiger charge is -2.43. The van der Waals surface area contributed by atoms with Crippen molar-refractivity contribution in [3.05, 3.63) is 35.4 Å². The first-order chi connectivity index (χ1) is 12.5. The zero-order valence-electron chi connectivity index (χ0n) is 15.4. The van der Waals surface area contributed by atoms with Crippen LogP contribution in [0.2, 0.25) is 0 Å². The summed E-state index contributed by atoms with van der Waals surface area (Å²) >= 11 is 0. The molecule has 4 aliphatic rings. The number of ether oxygens (including phenoxy) is 1. The van der Waals surface area contributed by atoms with Gasteiger partial charge in [0.25, 0.3) is 0 Å². The zero-order valence-corrected chi connectivity index (χ0v) is 15.4. The van der Waals surface area contributed by atoms with Crippen LogP contribution in [0.3, 0.4) is 0 Å². The van der Waals surface area contributed by atoms with Crippen LogP contribution in [0.15, 0.2) is 24.3 Å². The van der Waals surface area contributed by atoms with E-state index in [2.05, 4.69) is 48.3 Å². The van der Waals surface area contributed by atoms with Crippen LogP contribution >= 0.6 is 0 Å². The molecular weight excluding hydrogens is 328 g/mol. The Morgan fingerprint density at radius 1 is 1.19 bits per heavy atom. The minimum absolute atomic E-state index is 0.0540.